The highest BCUT2D eigenvalue weighted by Crippen LogP contribution is 2.32. The van der Waals surface area contributed by atoms with E-state index in [0.29, 0.717) is 16.4 Å². The van der Waals surface area contributed by atoms with Crippen molar-refractivity contribution in [1.29, 1.82) is 0 Å². The maximum Gasteiger partial charge on any atom is 0.204 e. The molecule has 0 bridgehead atoms. The van der Waals surface area contributed by atoms with Gasteiger partial charge in [0.15, 0.2) is 11.5 Å². The van der Waals surface area contributed by atoms with Crippen LogP contribution in [-0.4, -0.2) is 23.4 Å². The summed E-state index contributed by atoms with van der Waals surface area (Å²) >= 11 is 4.88. The number of phenols is 1. The van der Waals surface area contributed by atoms with Gasteiger partial charge in [-0.1, -0.05) is 39.4 Å². The number of aromatic hydroxyl groups is 1. The SMILES string of the molecule is COc1cc(Br)cc(/C=N/Nc2nc3ccccc3s2)c1O. The van der Waals surface area contributed by atoms with Crippen molar-refractivity contribution < 1.29 is 9.84 Å². The topological polar surface area (TPSA) is 66.7 Å². The summed E-state index contributed by atoms with van der Waals surface area (Å²) < 4.78 is 6.98. The molecule has 0 aliphatic heterocycles. The van der Waals surface area contributed by atoms with Crippen LogP contribution < -0.4 is 10.2 Å². The van der Waals surface area contributed by atoms with Crippen LogP contribution in [0.4, 0.5) is 5.13 Å². The minimum atomic E-state index is 0.0422. The fourth-order valence-electron chi connectivity index (χ4n) is 1.93. The number of ether oxygens (including phenoxy) is 1. The standard InChI is InChI=1S/C15H12BrN3O2S/c1-21-12-7-10(16)6-9(14(12)20)8-17-19-15-18-11-4-2-3-5-13(11)22-15/h2-8,20H,1H3,(H,18,19)/b17-8+. The Morgan fingerprint density at radius 2 is 2.18 bits per heavy atom. The highest BCUT2D eigenvalue weighted by molar-refractivity contribution is 9.10. The summed E-state index contributed by atoms with van der Waals surface area (Å²) in [5.41, 5.74) is 4.35. The number of nitrogens with zero attached hydrogens (tertiary/aromatic N) is 2. The Balaban J connectivity index is 1.81. The van der Waals surface area contributed by atoms with Gasteiger partial charge in [-0.05, 0) is 24.3 Å². The van der Waals surface area contributed by atoms with Crippen molar-refractivity contribution in [3.63, 3.8) is 0 Å². The number of phenolic OH excluding ortho intramolecular Hbond substituents is 1. The minimum Gasteiger partial charge on any atom is -0.504 e. The second-order valence-electron chi connectivity index (χ2n) is 4.40. The van der Waals surface area contributed by atoms with Crippen molar-refractivity contribution in [3.8, 4) is 11.5 Å². The van der Waals surface area contributed by atoms with E-state index in [4.69, 9.17) is 4.74 Å². The molecule has 112 valence electrons. The lowest BCUT2D eigenvalue weighted by molar-refractivity contribution is 0.373. The Morgan fingerprint density at radius 1 is 1.36 bits per heavy atom. The smallest absolute Gasteiger partial charge is 0.204 e. The number of rotatable bonds is 4. The van der Waals surface area contributed by atoms with E-state index >= 15 is 0 Å². The largest absolute Gasteiger partial charge is 0.504 e. The molecule has 1 aromatic heterocycles. The minimum absolute atomic E-state index is 0.0422. The quantitative estimate of drug-likeness (QED) is 0.527. The number of hydrazone groups is 1. The number of thiazole rings is 1. The summed E-state index contributed by atoms with van der Waals surface area (Å²) in [6.45, 7) is 0. The number of fused-ring (bicyclic) bond motifs is 1. The molecular weight excluding hydrogens is 366 g/mol. The molecule has 0 fully saturated rings. The molecule has 0 aliphatic rings. The number of para-hydroxylation sites is 1. The first-order valence-electron chi connectivity index (χ1n) is 6.38. The van der Waals surface area contributed by atoms with Crippen molar-refractivity contribution in [2.45, 2.75) is 0 Å². The lowest BCUT2D eigenvalue weighted by Crippen LogP contribution is -1.92. The molecule has 0 radical (unpaired) electrons. The Labute approximate surface area is 139 Å². The van der Waals surface area contributed by atoms with Gasteiger partial charge in [-0.3, -0.25) is 5.43 Å². The van der Waals surface area contributed by atoms with E-state index in [0.717, 1.165) is 14.7 Å². The van der Waals surface area contributed by atoms with Gasteiger partial charge in [0, 0.05) is 10.0 Å². The van der Waals surface area contributed by atoms with Gasteiger partial charge in [-0.2, -0.15) is 5.10 Å². The zero-order chi connectivity index (χ0) is 15.5. The van der Waals surface area contributed by atoms with Crippen molar-refractivity contribution in [1.82, 2.24) is 4.98 Å². The van der Waals surface area contributed by atoms with Gasteiger partial charge >= 0.3 is 0 Å². The van der Waals surface area contributed by atoms with Crippen molar-refractivity contribution >= 4 is 48.8 Å². The third-order valence-corrected chi connectivity index (χ3v) is 4.35. The third-order valence-electron chi connectivity index (χ3n) is 2.95. The van der Waals surface area contributed by atoms with Crippen LogP contribution in [0.2, 0.25) is 0 Å². The normalized spacial score (nSPS) is 11.2. The highest BCUT2D eigenvalue weighted by Gasteiger charge is 2.08. The maximum atomic E-state index is 10.0. The maximum absolute atomic E-state index is 10.0. The molecule has 1 heterocycles. The van der Waals surface area contributed by atoms with E-state index in [1.807, 2.05) is 24.3 Å². The lowest BCUT2D eigenvalue weighted by atomic mass is 10.2. The summed E-state index contributed by atoms with van der Waals surface area (Å²) in [5.74, 6) is 0.427. The molecule has 7 heteroatoms. The number of nitrogens with one attached hydrogen (secondary N) is 1. The molecule has 2 N–H and O–H groups in total. The van der Waals surface area contributed by atoms with Crippen molar-refractivity contribution in [2.75, 3.05) is 12.5 Å². The molecule has 22 heavy (non-hydrogen) atoms. The molecule has 0 spiro atoms. The van der Waals surface area contributed by atoms with E-state index < -0.39 is 0 Å². The molecular formula is C15H12BrN3O2S. The van der Waals surface area contributed by atoms with Gasteiger partial charge in [0.05, 0.1) is 23.5 Å². The predicted molar refractivity (Wildman–Crippen MR) is 93.2 cm³/mol. The first kappa shape index (κ1) is 14.8. The Morgan fingerprint density at radius 3 is 2.95 bits per heavy atom. The zero-order valence-corrected chi connectivity index (χ0v) is 14.0. The van der Waals surface area contributed by atoms with E-state index in [9.17, 15) is 5.11 Å². The molecule has 2 aromatic carbocycles. The summed E-state index contributed by atoms with van der Waals surface area (Å²) in [5, 5.41) is 14.9. The highest BCUT2D eigenvalue weighted by atomic mass is 79.9. The van der Waals surface area contributed by atoms with Crippen LogP contribution in [-0.2, 0) is 0 Å². The molecule has 3 aromatic rings. The Kier molecular flexibility index (Phi) is 4.26. The molecule has 0 aliphatic carbocycles. The number of halogens is 1. The summed E-state index contributed by atoms with van der Waals surface area (Å²) in [6.07, 6.45) is 1.52. The van der Waals surface area contributed by atoms with E-state index in [1.165, 1.54) is 24.7 Å². The van der Waals surface area contributed by atoms with Gasteiger partial charge < -0.3 is 9.84 Å². The van der Waals surface area contributed by atoms with Gasteiger partial charge in [0.1, 0.15) is 0 Å². The average molecular weight is 378 g/mol. The number of hydrogen-bond donors (Lipinski definition) is 2. The number of aromatic nitrogens is 1. The van der Waals surface area contributed by atoms with E-state index in [1.54, 1.807) is 12.1 Å². The molecule has 0 atom stereocenters. The summed E-state index contributed by atoms with van der Waals surface area (Å²) in [4.78, 5) is 4.41. The van der Waals surface area contributed by atoms with E-state index in [-0.39, 0.29) is 5.75 Å². The van der Waals surface area contributed by atoms with Gasteiger partial charge in [0.2, 0.25) is 5.13 Å². The average Bonchev–Trinajstić information content (AvgIpc) is 2.93. The molecule has 0 amide bonds. The van der Waals surface area contributed by atoms with Crippen LogP contribution >= 0.6 is 27.3 Å². The summed E-state index contributed by atoms with van der Waals surface area (Å²) in [6, 6.07) is 11.3. The monoisotopic (exact) mass is 377 g/mol. The zero-order valence-electron chi connectivity index (χ0n) is 11.6. The van der Waals surface area contributed by atoms with Crippen LogP contribution in [0.1, 0.15) is 5.56 Å². The first-order valence-corrected chi connectivity index (χ1v) is 7.99. The van der Waals surface area contributed by atoms with Crippen molar-refractivity contribution in [3.05, 3.63) is 46.4 Å². The first-order chi connectivity index (χ1) is 10.7. The number of anilines is 1. The van der Waals surface area contributed by atoms with Crippen molar-refractivity contribution in [2.24, 2.45) is 5.10 Å². The molecule has 0 saturated heterocycles. The summed E-state index contributed by atoms with van der Waals surface area (Å²) in [7, 11) is 1.50. The van der Waals surface area contributed by atoms with E-state index in [2.05, 4.69) is 31.4 Å². The predicted octanol–water partition coefficient (Wildman–Crippen LogP) is 4.22. The van der Waals surface area contributed by atoms with Crippen LogP contribution in [0.5, 0.6) is 11.5 Å². The van der Waals surface area contributed by atoms with Gasteiger partial charge in [-0.25, -0.2) is 4.98 Å². The van der Waals surface area contributed by atoms with Crippen LogP contribution in [0.25, 0.3) is 10.2 Å². The Hall–Kier alpha value is -2.12. The molecule has 0 saturated carbocycles. The molecule has 0 unspecified atom stereocenters. The third kappa shape index (κ3) is 3.05. The Bertz CT molecular complexity index is 815. The number of methoxy groups -OCH3 is 1. The van der Waals surface area contributed by atoms with Gasteiger partial charge in [0.25, 0.3) is 0 Å². The second kappa shape index (κ2) is 6.33. The molecule has 3 rings (SSSR count). The van der Waals surface area contributed by atoms with Gasteiger partial charge in [-0.15, -0.1) is 0 Å². The van der Waals surface area contributed by atoms with Crippen LogP contribution in [0.15, 0.2) is 46.0 Å². The molecule has 5 nitrogen and oxygen atoms in total. The van der Waals surface area contributed by atoms with Crippen LogP contribution in [0, 0.1) is 0 Å². The lowest BCUT2D eigenvalue weighted by Gasteiger charge is -2.06. The fourth-order valence-corrected chi connectivity index (χ4v) is 3.20. The fraction of sp³-hybridized carbons (Fsp3) is 0.0667. The van der Waals surface area contributed by atoms with Crippen LogP contribution in [0.3, 0.4) is 0 Å². The second-order valence-corrected chi connectivity index (χ2v) is 6.35. The number of benzene rings is 2. The number of hydrogen-bond acceptors (Lipinski definition) is 6.